The molecule has 3 fully saturated rings. The molecule has 1 aromatic heterocycles. The molecule has 3 heterocycles. The van der Waals surface area contributed by atoms with Gasteiger partial charge in [0.05, 0.1) is 13.2 Å². The van der Waals surface area contributed by atoms with Gasteiger partial charge in [-0.3, -0.25) is 4.79 Å². The highest BCUT2D eigenvalue weighted by molar-refractivity contribution is 5.57. The highest BCUT2D eigenvalue weighted by Gasteiger charge is 2.56. The molecule has 0 bridgehead atoms. The second kappa shape index (κ2) is 6.71. The van der Waals surface area contributed by atoms with E-state index in [4.69, 9.17) is 4.74 Å². The number of benzene rings is 1. The van der Waals surface area contributed by atoms with E-state index in [1.54, 1.807) is 6.07 Å². The molecule has 4 atom stereocenters. The van der Waals surface area contributed by atoms with Crippen LogP contribution in [0.3, 0.4) is 0 Å². The third-order valence-electron chi connectivity index (χ3n) is 6.56. The van der Waals surface area contributed by atoms with Crippen molar-refractivity contribution in [1.29, 1.82) is 0 Å². The molecule has 1 aliphatic carbocycles. The molecule has 27 heavy (non-hydrogen) atoms. The van der Waals surface area contributed by atoms with E-state index in [2.05, 4.69) is 58.1 Å². The van der Waals surface area contributed by atoms with Crippen molar-refractivity contribution >= 4 is 11.5 Å². The van der Waals surface area contributed by atoms with Crippen LogP contribution in [0, 0.1) is 11.8 Å². The van der Waals surface area contributed by atoms with Crippen molar-refractivity contribution < 1.29 is 4.74 Å². The number of hydrogen-bond donors (Lipinski definition) is 1. The number of hydrogen-bond acceptors (Lipinski definition) is 4. The number of H-pyrrole nitrogens is 1. The first kappa shape index (κ1) is 16.9. The molecule has 3 aliphatic rings. The Bertz CT molecular complexity index is 859. The zero-order valence-corrected chi connectivity index (χ0v) is 15.8. The standard InChI is InChI=1S/C22H27N3O2/c1-15-18-14-19(18)20(11-16-5-3-2-4-6-16)25(15)21-12-17(13-22(26)23-21)24-7-9-27-10-8-24/h2-6,12-13,15,18-20H,7-11,14H2,1H3,(H,23,26)/t15-,18+,19+,20-/m0/s1. The van der Waals surface area contributed by atoms with Crippen LogP contribution >= 0.6 is 0 Å². The number of nitrogens with one attached hydrogen (secondary N) is 1. The van der Waals surface area contributed by atoms with E-state index in [1.165, 1.54) is 12.0 Å². The van der Waals surface area contributed by atoms with Crippen LogP contribution in [-0.4, -0.2) is 43.4 Å². The normalized spacial score (nSPS) is 29.7. The lowest BCUT2D eigenvalue weighted by molar-refractivity contribution is 0.122. The first-order chi connectivity index (χ1) is 13.2. The van der Waals surface area contributed by atoms with Gasteiger partial charge in [0.25, 0.3) is 5.56 Å². The van der Waals surface area contributed by atoms with Crippen molar-refractivity contribution in [2.45, 2.75) is 31.8 Å². The predicted octanol–water partition coefficient (Wildman–Crippen LogP) is 2.67. The van der Waals surface area contributed by atoms with Gasteiger partial charge in [0.2, 0.25) is 0 Å². The van der Waals surface area contributed by atoms with Crippen molar-refractivity contribution in [2.75, 3.05) is 36.1 Å². The van der Waals surface area contributed by atoms with Gasteiger partial charge in [-0.25, -0.2) is 0 Å². The molecule has 142 valence electrons. The van der Waals surface area contributed by atoms with Crippen LogP contribution in [0.5, 0.6) is 0 Å². The summed E-state index contributed by atoms with van der Waals surface area (Å²) in [6, 6.07) is 15.6. The molecule has 0 spiro atoms. The van der Waals surface area contributed by atoms with Gasteiger partial charge in [-0.1, -0.05) is 30.3 Å². The average Bonchev–Trinajstić information content (AvgIpc) is 3.44. The largest absolute Gasteiger partial charge is 0.378 e. The Morgan fingerprint density at radius 2 is 1.89 bits per heavy atom. The second-order valence-corrected chi connectivity index (χ2v) is 8.16. The van der Waals surface area contributed by atoms with E-state index >= 15 is 0 Å². The van der Waals surface area contributed by atoms with Crippen LogP contribution in [0.4, 0.5) is 11.5 Å². The summed E-state index contributed by atoms with van der Waals surface area (Å²) in [6.07, 6.45) is 2.36. The van der Waals surface area contributed by atoms with Gasteiger partial charge in [0, 0.05) is 43.0 Å². The van der Waals surface area contributed by atoms with Crippen molar-refractivity contribution in [3.63, 3.8) is 0 Å². The summed E-state index contributed by atoms with van der Waals surface area (Å²) in [5.41, 5.74) is 2.38. The number of fused-ring (bicyclic) bond motifs is 1. The zero-order valence-electron chi connectivity index (χ0n) is 15.8. The van der Waals surface area contributed by atoms with Crippen molar-refractivity contribution in [3.8, 4) is 0 Å². The summed E-state index contributed by atoms with van der Waals surface area (Å²) in [6.45, 7) is 5.45. The van der Waals surface area contributed by atoms with E-state index in [0.717, 1.165) is 56.1 Å². The molecule has 2 aromatic rings. The maximum atomic E-state index is 12.4. The average molecular weight is 365 g/mol. The lowest BCUT2D eigenvalue weighted by Gasteiger charge is -2.35. The predicted molar refractivity (Wildman–Crippen MR) is 108 cm³/mol. The monoisotopic (exact) mass is 365 g/mol. The summed E-state index contributed by atoms with van der Waals surface area (Å²) in [7, 11) is 0. The topological polar surface area (TPSA) is 48.6 Å². The van der Waals surface area contributed by atoms with Crippen LogP contribution in [0.1, 0.15) is 18.9 Å². The van der Waals surface area contributed by atoms with Gasteiger partial charge in [0.15, 0.2) is 0 Å². The van der Waals surface area contributed by atoms with E-state index < -0.39 is 0 Å². The SMILES string of the molecule is C[C@H]1[C@H]2C[C@H]2[C@H](Cc2ccccc2)N1c1cc(N2CCOCC2)cc(=O)[nH]1. The molecular weight excluding hydrogens is 338 g/mol. The lowest BCUT2D eigenvalue weighted by atomic mass is 10.0. The van der Waals surface area contributed by atoms with Gasteiger partial charge < -0.3 is 19.5 Å². The number of aromatic amines is 1. The number of morpholine rings is 1. The van der Waals surface area contributed by atoms with Gasteiger partial charge in [-0.05, 0) is 37.2 Å². The molecule has 1 N–H and O–H groups in total. The van der Waals surface area contributed by atoms with Crippen LogP contribution in [0.2, 0.25) is 0 Å². The summed E-state index contributed by atoms with van der Waals surface area (Å²) in [5, 5.41) is 0. The quantitative estimate of drug-likeness (QED) is 0.905. The Kier molecular flexibility index (Phi) is 4.20. The molecule has 5 nitrogen and oxygen atoms in total. The number of piperidine rings is 1. The Balaban J connectivity index is 1.46. The highest BCUT2D eigenvalue weighted by Crippen LogP contribution is 2.55. The molecule has 0 amide bonds. The molecule has 5 rings (SSSR count). The number of anilines is 2. The van der Waals surface area contributed by atoms with Crippen molar-refractivity contribution in [2.24, 2.45) is 11.8 Å². The maximum absolute atomic E-state index is 12.4. The van der Waals surface area contributed by atoms with Crippen LogP contribution < -0.4 is 15.4 Å². The zero-order chi connectivity index (χ0) is 18.4. The van der Waals surface area contributed by atoms with E-state index in [1.807, 2.05) is 0 Å². The van der Waals surface area contributed by atoms with E-state index in [9.17, 15) is 4.79 Å². The molecule has 0 radical (unpaired) electrons. The molecule has 2 aliphatic heterocycles. The second-order valence-electron chi connectivity index (χ2n) is 8.16. The highest BCUT2D eigenvalue weighted by atomic mass is 16.5. The minimum absolute atomic E-state index is 0.0137. The van der Waals surface area contributed by atoms with Gasteiger partial charge in [-0.2, -0.15) is 0 Å². The fourth-order valence-corrected chi connectivity index (χ4v) is 5.11. The molecular formula is C22H27N3O2. The fourth-order valence-electron chi connectivity index (χ4n) is 5.11. The number of aromatic nitrogens is 1. The first-order valence-corrected chi connectivity index (χ1v) is 10.1. The lowest BCUT2D eigenvalue weighted by Crippen LogP contribution is -2.42. The fraction of sp³-hybridized carbons (Fsp3) is 0.500. The third-order valence-corrected chi connectivity index (χ3v) is 6.56. The molecule has 0 unspecified atom stereocenters. The molecule has 1 saturated carbocycles. The Morgan fingerprint density at radius 3 is 2.67 bits per heavy atom. The Hall–Kier alpha value is -2.27. The van der Waals surface area contributed by atoms with Crippen LogP contribution in [0.15, 0.2) is 47.3 Å². The first-order valence-electron chi connectivity index (χ1n) is 10.1. The van der Waals surface area contributed by atoms with Gasteiger partial charge in [-0.15, -0.1) is 0 Å². The van der Waals surface area contributed by atoms with Crippen molar-refractivity contribution in [1.82, 2.24) is 4.98 Å². The van der Waals surface area contributed by atoms with Crippen LogP contribution in [-0.2, 0) is 11.2 Å². The summed E-state index contributed by atoms with van der Waals surface area (Å²) >= 11 is 0. The number of ether oxygens (including phenoxy) is 1. The Labute approximate surface area is 159 Å². The summed E-state index contributed by atoms with van der Waals surface area (Å²) in [5.74, 6) is 2.48. The number of rotatable bonds is 4. The van der Waals surface area contributed by atoms with Crippen LogP contribution in [0.25, 0.3) is 0 Å². The van der Waals surface area contributed by atoms with Crippen molar-refractivity contribution in [3.05, 3.63) is 58.4 Å². The minimum Gasteiger partial charge on any atom is -0.378 e. The molecule has 2 saturated heterocycles. The third kappa shape index (κ3) is 3.14. The molecule has 1 aromatic carbocycles. The summed E-state index contributed by atoms with van der Waals surface area (Å²) < 4.78 is 5.46. The van der Waals surface area contributed by atoms with Gasteiger partial charge >= 0.3 is 0 Å². The number of pyridine rings is 1. The number of nitrogens with zero attached hydrogens (tertiary/aromatic N) is 2. The maximum Gasteiger partial charge on any atom is 0.251 e. The summed E-state index contributed by atoms with van der Waals surface area (Å²) in [4.78, 5) is 20.3. The van der Waals surface area contributed by atoms with Gasteiger partial charge in [0.1, 0.15) is 5.82 Å². The Morgan fingerprint density at radius 1 is 1.11 bits per heavy atom. The van der Waals surface area contributed by atoms with E-state index in [-0.39, 0.29) is 5.56 Å². The minimum atomic E-state index is -0.0137. The smallest absolute Gasteiger partial charge is 0.251 e. The molecule has 5 heteroatoms. The van der Waals surface area contributed by atoms with E-state index in [0.29, 0.717) is 12.1 Å².